The summed E-state index contributed by atoms with van der Waals surface area (Å²) in [5, 5.41) is 14.7. The third-order valence-corrected chi connectivity index (χ3v) is 2.94. The maximum absolute atomic E-state index is 6.06. The molecule has 0 aliphatic heterocycles. The van der Waals surface area contributed by atoms with E-state index >= 15 is 0 Å². The molecule has 1 heterocycles. The van der Waals surface area contributed by atoms with Gasteiger partial charge in [-0.3, -0.25) is 0 Å². The van der Waals surface area contributed by atoms with E-state index in [-0.39, 0.29) is 5.54 Å². The molecule has 114 valence electrons. The van der Waals surface area contributed by atoms with E-state index in [1.165, 1.54) is 0 Å². The first-order valence-corrected chi connectivity index (χ1v) is 6.93. The first-order chi connectivity index (χ1) is 9.87. The molecule has 1 aromatic heterocycles. The van der Waals surface area contributed by atoms with Gasteiger partial charge in [0.15, 0.2) is 0 Å². The lowest BCUT2D eigenvalue weighted by Crippen LogP contribution is -2.35. The van der Waals surface area contributed by atoms with E-state index in [1.54, 1.807) is 19.2 Å². The molecule has 0 spiro atoms. The number of ether oxygens (including phenoxy) is 1. The molecule has 0 saturated carbocycles. The van der Waals surface area contributed by atoms with Gasteiger partial charge in [0.2, 0.25) is 5.89 Å². The predicted octanol–water partition coefficient (Wildman–Crippen LogP) is 3.36. The van der Waals surface area contributed by atoms with Crippen molar-refractivity contribution in [2.75, 3.05) is 12.4 Å². The van der Waals surface area contributed by atoms with Crippen molar-refractivity contribution in [2.24, 2.45) is 0 Å². The fourth-order valence-electron chi connectivity index (χ4n) is 1.58. The Bertz CT molecular complexity index is 607. The summed E-state index contributed by atoms with van der Waals surface area (Å²) in [4.78, 5) is 0. The molecule has 0 fully saturated rings. The van der Waals surface area contributed by atoms with Crippen LogP contribution >= 0.6 is 11.6 Å². The van der Waals surface area contributed by atoms with Gasteiger partial charge in [0.25, 0.3) is 0 Å². The topological polar surface area (TPSA) is 72.2 Å². The zero-order valence-corrected chi connectivity index (χ0v) is 13.3. The van der Waals surface area contributed by atoms with Crippen LogP contribution in [0.4, 0.5) is 11.7 Å². The maximum atomic E-state index is 6.06. The van der Waals surface area contributed by atoms with Crippen LogP contribution in [0.3, 0.4) is 0 Å². The highest BCUT2D eigenvalue weighted by Crippen LogP contribution is 2.28. The molecule has 0 bridgehead atoms. The van der Waals surface area contributed by atoms with E-state index in [1.807, 2.05) is 6.07 Å². The molecule has 2 rings (SSSR count). The highest BCUT2D eigenvalue weighted by molar-refractivity contribution is 6.32. The van der Waals surface area contributed by atoms with Crippen molar-refractivity contribution in [3.63, 3.8) is 0 Å². The maximum Gasteiger partial charge on any atom is 0.320 e. The van der Waals surface area contributed by atoms with Crippen molar-refractivity contribution in [1.29, 1.82) is 0 Å². The molecule has 0 radical (unpaired) electrons. The molecule has 0 unspecified atom stereocenters. The Labute approximate surface area is 128 Å². The molecular formula is C14H19ClN4O2. The minimum atomic E-state index is -0.00836. The minimum Gasteiger partial charge on any atom is -0.495 e. The lowest BCUT2D eigenvalue weighted by molar-refractivity contribution is 0.384. The normalized spacial score (nSPS) is 11.5. The van der Waals surface area contributed by atoms with Crippen LogP contribution in [0.2, 0.25) is 5.02 Å². The molecule has 1 aromatic carbocycles. The second-order valence-corrected chi connectivity index (χ2v) is 5.99. The molecule has 2 aromatic rings. The Morgan fingerprint density at radius 1 is 1.29 bits per heavy atom. The lowest BCUT2D eigenvalue weighted by atomic mass is 10.1. The van der Waals surface area contributed by atoms with Crippen molar-refractivity contribution in [3.05, 3.63) is 29.1 Å². The molecule has 6 nitrogen and oxygen atoms in total. The van der Waals surface area contributed by atoms with Crippen LogP contribution in [0.5, 0.6) is 5.75 Å². The van der Waals surface area contributed by atoms with Gasteiger partial charge in [0.05, 0.1) is 18.7 Å². The van der Waals surface area contributed by atoms with Gasteiger partial charge in [-0.05, 0) is 39.0 Å². The Kier molecular flexibility index (Phi) is 4.69. The Morgan fingerprint density at radius 3 is 2.67 bits per heavy atom. The lowest BCUT2D eigenvalue weighted by Gasteiger charge is -2.18. The van der Waals surface area contributed by atoms with Crippen molar-refractivity contribution in [1.82, 2.24) is 15.5 Å². The summed E-state index contributed by atoms with van der Waals surface area (Å²) in [5.41, 5.74) is 0.741. The van der Waals surface area contributed by atoms with Gasteiger partial charge in [0.1, 0.15) is 5.75 Å². The predicted molar refractivity (Wildman–Crippen MR) is 82.2 cm³/mol. The average Bonchev–Trinajstić information content (AvgIpc) is 2.83. The number of anilines is 2. The smallest absolute Gasteiger partial charge is 0.320 e. The van der Waals surface area contributed by atoms with Crippen LogP contribution in [0, 0.1) is 0 Å². The highest BCUT2D eigenvalue weighted by atomic mass is 35.5. The second-order valence-electron chi connectivity index (χ2n) is 5.58. The summed E-state index contributed by atoms with van der Waals surface area (Å²) in [6, 6.07) is 5.64. The molecule has 2 N–H and O–H groups in total. The molecule has 0 amide bonds. The number of halogens is 1. The van der Waals surface area contributed by atoms with E-state index in [0.29, 0.717) is 29.2 Å². The molecular weight excluding hydrogens is 292 g/mol. The summed E-state index contributed by atoms with van der Waals surface area (Å²) < 4.78 is 10.6. The Morgan fingerprint density at radius 2 is 2.05 bits per heavy atom. The minimum absolute atomic E-state index is 0.00836. The molecule has 21 heavy (non-hydrogen) atoms. The van der Waals surface area contributed by atoms with Crippen LogP contribution in [-0.4, -0.2) is 22.8 Å². The van der Waals surface area contributed by atoms with Crippen LogP contribution in [0.1, 0.15) is 26.7 Å². The average molecular weight is 311 g/mol. The number of hydrogen-bond acceptors (Lipinski definition) is 6. The van der Waals surface area contributed by atoms with Crippen LogP contribution in [0.25, 0.3) is 0 Å². The molecule has 0 saturated heterocycles. The molecule has 0 atom stereocenters. The summed E-state index contributed by atoms with van der Waals surface area (Å²) in [7, 11) is 1.57. The van der Waals surface area contributed by atoms with Gasteiger partial charge in [0, 0.05) is 11.2 Å². The van der Waals surface area contributed by atoms with Crippen LogP contribution in [-0.2, 0) is 6.54 Å². The third-order valence-electron chi connectivity index (χ3n) is 2.64. The molecule has 7 heteroatoms. The monoisotopic (exact) mass is 310 g/mol. The van der Waals surface area contributed by atoms with Gasteiger partial charge in [-0.25, -0.2) is 0 Å². The van der Waals surface area contributed by atoms with Crippen LogP contribution in [0.15, 0.2) is 22.6 Å². The largest absolute Gasteiger partial charge is 0.495 e. The summed E-state index contributed by atoms with van der Waals surface area (Å²) >= 11 is 6.06. The third kappa shape index (κ3) is 4.61. The SMILES string of the molecule is COc1ccc(Nc2nnc(CNC(C)(C)C)o2)cc1Cl. The molecule has 0 aliphatic carbocycles. The first-order valence-electron chi connectivity index (χ1n) is 6.55. The van der Waals surface area contributed by atoms with E-state index in [0.717, 1.165) is 5.69 Å². The van der Waals surface area contributed by atoms with E-state index in [9.17, 15) is 0 Å². The number of methoxy groups -OCH3 is 1. The fourth-order valence-corrected chi connectivity index (χ4v) is 1.84. The molecule has 0 aliphatic rings. The number of hydrogen-bond donors (Lipinski definition) is 2. The highest BCUT2D eigenvalue weighted by Gasteiger charge is 2.12. The van der Waals surface area contributed by atoms with E-state index in [4.69, 9.17) is 20.8 Å². The standard InChI is InChI=1S/C14H19ClN4O2/c1-14(2,3)16-8-12-18-19-13(21-12)17-9-5-6-11(20-4)10(15)7-9/h5-7,16H,8H2,1-4H3,(H,17,19). The van der Waals surface area contributed by atoms with Gasteiger partial charge in [-0.1, -0.05) is 16.7 Å². The van der Waals surface area contributed by atoms with Crippen LogP contribution < -0.4 is 15.4 Å². The Balaban J connectivity index is 2.00. The fraction of sp³-hybridized carbons (Fsp3) is 0.429. The number of nitrogens with one attached hydrogen (secondary N) is 2. The zero-order chi connectivity index (χ0) is 15.5. The quantitative estimate of drug-likeness (QED) is 0.882. The van der Waals surface area contributed by atoms with E-state index in [2.05, 4.69) is 41.6 Å². The van der Waals surface area contributed by atoms with Crippen molar-refractivity contribution in [2.45, 2.75) is 32.9 Å². The van der Waals surface area contributed by atoms with Crippen molar-refractivity contribution >= 4 is 23.3 Å². The summed E-state index contributed by atoms with van der Waals surface area (Å²) in [5.74, 6) is 1.13. The van der Waals surface area contributed by atoms with E-state index < -0.39 is 0 Å². The summed E-state index contributed by atoms with van der Waals surface area (Å²) in [6.45, 7) is 6.73. The number of rotatable bonds is 5. The van der Waals surface area contributed by atoms with Gasteiger partial charge in [-0.15, -0.1) is 5.10 Å². The zero-order valence-electron chi connectivity index (χ0n) is 12.5. The first kappa shape index (κ1) is 15.6. The van der Waals surface area contributed by atoms with Gasteiger partial charge in [-0.2, -0.15) is 0 Å². The summed E-state index contributed by atoms with van der Waals surface area (Å²) in [6.07, 6.45) is 0. The number of aromatic nitrogens is 2. The Hall–Kier alpha value is -1.79. The van der Waals surface area contributed by atoms with Gasteiger partial charge >= 0.3 is 6.01 Å². The van der Waals surface area contributed by atoms with Gasteiger partial charge < -0.3 is 19.8 Å². The second kappa shape index (κ2) is 6.32. The number of nitrogens with zero attached hydrogens (tertiary/aromatic N) is 2. The van der Waals surface area contributed by atoms with Crippen molar-refractivity contribution < 1.29 is 9.15 Å². The number of benzene rings is 1. The van der Waals surface area contributed by atoms with Crippen molar-refractivity contribution in [3.8, 4) is 5.75 Å².